The van der Waals surface area contributed by atoms with E-state index in [0.29, 0.717) is 17.9 Å². The van der Waals surface area contributed by atoms with Crippen molar-refractivity contribution in [2.75, 3.05) is 19.6 Å². The Morgan fingerprint density at radius 2 is 2.06 bits per heavy atom. The van der Waals surface area contributed by atoms with E-state index in [4.69, 9.17) is 4.74 Å². The lowest BCUT2D eigenvalue weighted by Crippen LogP contribution is -2.52. The Morgan fingerprint density at radius 1 is 1.25 bits per heavy atom. The Balaban J connectivity index is 1.68. The summed E-state index contributed by atoms with van der Waals surface area (Å²) in [4.78, 5) is 2.48. The first-order chi connectivity index (χ1) is 7.81. The largest absolute Gasteiger partial charge is 0.472 e. The first-order valence-electron chi connectivity index (χ1n) is 5.69. The fourth-order valence-electron chi connectivity index (χ4n) is 2.57. The Morgan fingerprint density at radius 3 is 2.62 bits per heavy atom. The van der Waals surface area contributed by atoms with Gasteiger partial charge in [0, 0.05) is 12.6 Å². The lowest BCUT2D eigenvalue weighted by atomic mass is 9.86. The average molecular weight is 331 g/mol. The van der Waals surface area contributed by atoms with Crippen LogP contribution in [0.2, 0.25) is 0 Å². The molecule has 16 heavy (non-hydrogen) atoms. The van der Waals surface area contributed by atoms with Gasteiger partial charge in [0.2, 0.25) is 5.88 Å². The molecule has 1 atom stereocenters. The van der Waals surface area contributed by atoms with E-state index in [9.17, 15) is 0 Å². The van der Waals surface area contributed by atoms with Crippen LogP contribution >= 0.6 is 22.6 Å². The van der Waals surface area contributed by atoms with Crippen LogP contribution < -0.4 is 4.74 Å². The van der Waals surface area contributed by atoms with Crippen molar-refractivity contribution < 1.29 is 4.74 Å². The van der Waals surface area contributed by atoms with Gasteiger partial charge in [-0.25, -0.2) is 0 Å². The van der Waals surface area contributed by atoms with E-state index in [-0.39, 0.29) is 0 Å². The number of hydrogen-bond donors (Lipinski definition) is 0. The Kier molecular flexibility index (Phi) is 2.97. The highest BCUT2D eigenvalue weighted by atomic mass is 127. The standard InChI is InChI=1S/C11H14IN3O/c12-10-1-2-11(14-13-10)16-9-7-15-5-3-8(9)4-6-15/h1-2,8-9H,3-7H2. The zero-order valence-electron chi connectivity index (χ0n) is 8.97. The summed E-state index contributed by atoms with van der Waals surface area (Å²) < 4.78 is 6.83. The number of rotatable bonds is 2. The highest BCUT2D eigenvalue weighted by molar-refractivity contribution is 14.1. The lowest BCUT2D eigenvalue weighted by molar-refractivity contribution is -0.0104. The van der Waals surface area contributed by atoms with Crippen molar-refractivity contribution >= 4 is 22.6 Å². The number of nitrogens with zero attached hydrogens (tertiary/aromatic N) is 3. The SMILES string of the molecule is Ic1ccc(OC2CN3CCC2CC3)nn1. The average Bonchev–Trinajstić information content (AvgIpc) is 2.34. The number of halogens is 1. The van der Waals surface area contributed by atoms with E-state index < -0.39 is 0 Å². The van der Waals surface area contributed by atoms with Gasteiger partial charge in [-0.15, -0.1) is 10.2 Å². The minimum absolute atomic E-state index is 0.317. The fraction of sp³-hybridized carbons (Fsp3) is 0.636. The molecule has 4 rings (SSSR count). The van der Waals surface area contributed by atoms with Crippen LogP contribution in [0.25, 0.3) is 0 Å². The molecule has 1 unspecified atom stereocenters. The summed E-state index contributed by atoms with van der Waals surface area (Å²) in [7, 11) is 0. The maximum absolute atomic E-state index is 5.93. The van der Waals surface area contributed by atoms with Crippen LogP contribution in [0, 0.1) is 9.62 Å². The van der Waals surface area contributed by atoms with Gasteiger partial charge in [0.1, 0.15) is 9.80 Å². The third kappa shape index (κ3) is 2.15. The van der Waals surface area contributed by atoms with E-state index in [1.807, 2.05) is 12.1 Å². The molecule has 5 heteroatoms. The first-order valence-corrected chi connectivity index (χ1v) is 6.77. The fourth-order valence-corrected chi connectivity index (χ4v) is 2.85. The molecule has 0 spiro atoms. The number of piperidine rings is 3. The second kappa shape index (κ2) is 4.44. The molecule has 0 amide bonds. The molecule has 0 radical (unpaired) electrons. The van der Waals surface area contributed by atoms with Gasteiger partial charge in [-0.1, -0.05) is 0 Å². The van der Waals surface area contributed by atoms with E-state index in [1.54, 1.807) is 0 Å². The Bertz CT molecular complexity index is 362. The third-order valence-corrected chi connectivity index (χ3v) is 4.05. The molecule has 2 bridgehead atoms. The molecule has 4 nitrogen and oxygen atoms in total. The van der Waals surface area contributed by atoms with E-state index in [0.717, 1.165) is 10.2 Å². The van der Waals surface area contributed by atoms with Crippen LogP contribution in [0.3, 0.4) is 0 Å². The number of ether oxygens (including phenoxy) is 1. The summed E-state index contributed by atoms with van der Waals surface area (Å²) in [6, 6.07) is 3.84. The predicted molar refractivity (Wildman–Crippen MR) is 68.3 cm³/mol. The second-order valence-electron chi connectivity index (χ2n) is 4.49. The molecule has 86 valence electrons. The molecule has 0 saturated carbocycles. The highest BCUT2D eigenvalue weighted by Gasteiger charge is 2.35. The van der Waals surface area contributed by atoms with Crippen molar-refractivity contribution in [2.24, 2.45) is 5.92 Å². The smallest absolute Gasteiger partial charge is 0.233 e. The molecular formula is C11H14IN3O. The van der Waals surface area contributed by atoms with Crippen molar-refractivity contribution in [3.63, 3.8) is 0 Å². The van der Waals surface area contributed by atoms with E-state index >= 15 is 0 Å². The molecule has 0 aromatic carbocycles. The van der Waals surface area contributed by atoms with Crippen molar-refractivity contribution in [1.29, 1.82) is 0 Å². The summed E-state index contributed by atoms with van der Waals surface area (Å²) in [5.74, 6) is 1.38. The summed E-state index contributed by atoms with van der Waals surface area (Å²) in [5.41, 5.74) is 0. The molecule has 0 N–H and O–H groups in total. The van der Waals surface area contributed by atoms with Gasteiger partial charge in [-0.3, -0.25) is 4.90 Å². The quantitative estimate of drug-likeness (QED) is 0.771. The van der Waals surface area contributed by atoms with Gasteiger partial charge in [0.15, 0.2) is 0 Å². The van der Waals surface area contributed by atoms with E-state index in [2.05, 4.69) is 37.7 Å². The van der Waals surface area contributed by atoms with Gasteiger partial charge in [0.25, 0.3) is 0 Å². The van der Waals surface area contributed by atoms with Crippen LogP contribution in [0.4, 0.5) is 0 Å². The third-order valence-electron chi connectivity index (χ3n) is 3.48. The summed E-state index contributed by atoms with van der Waals surface area (Å²) in [6.07, 6.45) is 2.85. The topological polar surface area (TPSA) is 38.2 Å². The number of hydrogen-bond acceptors (Lipinski definition) is 4. The van der Waals surface area contributed by atoms with Gasteiger partial charge in [-0.2, -0.15) is 0 Å². The van der Waals surface area contributed by atoms with Crippen LogP contribution in [0.15, 0.2) is 12.1 Å². The van der Waals surface area contributed by atoms with Crippen molar-refractivity contribution in [3.8, 4) is 5.88 Å². The molecule has 3 aliphatic rings. The molecule has 1 aromatic heterocycles. The Labute approximate surface area is 109 Å². The number of fused-ring (bicyclic) bond motifs is 3. The first kappa shape index (κ1) is 10.7. The molecule has 3 fully saturated rings. The normalized spacial score (nSPS) is 32.7. The van der Waals surface area contributed by atoms with Crippen molar-refractivity contribution in [2.45, 2.75) is 18.9 Å². The molecule has 4 heterocycles. The van der Waals surface area contributed by atoms with E-state index in [1.165, 1.54) is 25.9 Å². The van der Waals surface area contributed by atoms with Crippen molar-refractivity contribution in [1.82, 2.24) is 15.1 Å². The van der Waals surface area contributed by atoms with Gasteiger partial charge >= 0.3 is 0 Å². The Hall–Kier alpha value is -0.430. The maximum atomic E-state index is 5.93. The lowest BCUT2D eigenvalue weighted by Gasteiger charge is -2.44. The molecule has 1 aromatic rings. The van der Waals surface area contributed by atoms with Gasteiger partial charge < -0.3 is 4.74 Å². The van der Waals surface area contributed by atoms with Crippen LogP contribution in [0.5, 0.6) is 5.88 Å². The molecule has 3 aliphatic heterocycles. The monoisotopic (exact) mass is 331 g/mol. The van der Waals surface area contributed by atoms with Crippen LogP contribution in [0.1, 0.15) is 12.8 Å². The van der Waals surface area contributed by atoms with Crippen LogP contribution in [-0.4, -0.2) is 40.8 Å². The van der Waals surface area contributed by atoms with Gasteiger partial charge in [0.05, 0.1) is 0 Å². The molecule has 3 saturated heterocycles. The van der Waals surface area contributed by atoms with Crippen LogP contribution in [-0.2, 0) is 0 Å². The zero-order valence-corrected chi connectivity index (χ0v) is 11.1. The minimum Gasteiger partial charge on any atom is -0.472 e. The molecular weight excluding hydrogens is 317 g/mol. The summed E-state index contributed by atoms with van der Waals surface area (Å²) in [6.45, 7) is 3.53. The maximum Gasteiger partial charge on any atom is 0.233 e. The second-order valence-corrected chi connectivity index (χ2v) is 5.59. The predicted octanol–water partition coefficient (Wildman–Crippen LogP) is 1.55. The summed E-state index contributed by atoms with van der Waals surface area (Å²) in [5, 5.41) is 8.06. The van der Waals surface area contributed by atoms with Crippen molar-refractivity contribution in [3.05, 3.63) is 15.8 Å². The zero-order chi connectivity index (χ0) is 11.0. The molecule has 0 aliphatic carbocycles. The summed E-state index contributed by atoms with van der Waals surface area (Å²) >= 11 is 2.15. The highest BCUT2D eigenvalue weighted by Crippen LogP contribution is 2.29. The minimum atomic E-state index is 0.317. The number of aromatic nitrogens is 2. The van der Waals surface area contributed by atoms with Gasteiger partial charge in [-0.05, 0) is 60.5 Å².